The fraction of sp³-hybridized carbons (Fsp3) is 0.375. The number of ether oxygens (including phenoxy) is 4. The van der Waals surface area contributed by atoms with Gasteiger partial charge in [-0.05, 0) is 31.9 Å². The van der Waals surface area contributed by atoms with Crippen LogP contribution in [-0.2, 0) is 38.1 Å². The Hall–Kier alpha value is -0.540. The SMILES string of the molecule is COC(=O)C1(C(=O)OC)Sc2c(Br)c3c(c(Br)c2S1)SC(C(=O)OC)(C(=O)OC)S3. The van der Waals surface area contributed by atoms with Gasteiger partial charge in [0.05, 0.1) is 28.4 Å². The second-order valence-corrected chi connectivity index (χ2v) is 12.6. The Labute approximate surface area is 204 Å². The minimum atomic E-state index is -1.68. The van der Waals surface area contributed by atoms with Gasteiger partial charge in [0.2, 0.25) is 0 Å². The number of methoxy groups -OCH3 is 4. The third-order valence-electron chi connectivity index (χ3n) is 4.01. The molecule has 1 aromatic carbocycles. The van der Waals surface area contributed by atoms with Gasteiger partial charge in [-0.1, -0.05) is 47.0 Å². The summed E-state index contributed by atoms with van der Waals surface area (Å²) in [6, 6.07) is 0. The average Bonchev–Trinajstić information content (AvgIpc) is 3.37. The van der Waals surface area contributed by atoms with Crippen molar-refractivity contribution in [3.05, 3.63) is 8.95 Å². The number of benzene rings is 1. The van der Waals surface area contributed by atoms with E-state index in [0.717, 1.165) is 47.0 Å². The van der Waals surface area contributed by atoms with Crippen molar-refractivity contribution < 1.29 is 38.1 Å². The standard InChI is InChI=1S/C16H12Br2O8S4/c1-23-11(19)15(12(20)24-2)27-7-5(17)9-10(6(18)8(7)28-15)30-16(29-9,13(21)25-3)14(22)26-4/h1-4H3. The molecule has 0 atom stereocenters. The number of carbonyl (C=O) groups excluding carboxylic acids is 4. The maximum absolute atomic E-state index is 12.5. The summed E-state index contributed by atoms with van der Waals surface area (Å²) in [6.45, 7) is 0. The molecular weight excluding hydrogens is 608 g/mol. The van der Waals surface area contributed by atoms with Gasteiger partial charge in [0.25, 0.3) is 8.16 Å². The van der Waals surface area contributed by atoms with Crippen LogP contribution in [0.3, 0.4) is 0 Å². The van der Waals surface area contributed by atoms with Crippen molar-refractivity contribution in [1.82, 2.24) is 0 Å². The molecule has 0 unspecified atom stereocenters. The van der Waals surface area contributed by atoms with Gasteiger partial charge in [-0.25, -0.2) is 19.2 Å². The Bertz CT molecular complexity index is 832. The molecule has 162 valence electrons. The van der Waals surface area contributed by atoms with Gasteiger partial charge < -0.3 is 18.9 Å². The van der Waals surface area contributed by atoms with Crippen molar-refractivity contribution in [2.45, 2.75) is 27.7 Å². The fourth-order valence-corrected chi connectivity index (χ4v) is 10.9. The molecule has 0 aliphatic carbocycles. The molecule has 2 aliphatic rings. The lowest BCUT2D eigenvalue weighted by Gasteiger charge is -2.21. The molecular formula is C16H12Br2O8S4. The molecule has 0 aromatic heterocycles. The summed E-state index contributed by atoms with van der Waals surface area (Å²) in [6.07, 6.45) is 0. The second kappa shape index (κ2) is 8.77. The van der Waals surface area contributed by atoms with Crippen molar-refractivity contribution in [2.24, 2.45) is 0 Å². The van der Waals surface area contributed by atoms with E-state index < -0.39 is 32.0 Å². The Morgan fingerprint density at radius 1 is 0.567 bits per heavy atom. The normalized spacial score (nSPS) is 17.5. The van der Waals surface area contributed by atoms with Crippen LogP contribution in [0.15, 0.2) is 28.5 Å². The first-order valence-electron chi connectivity index (χ1n) is 7.78. The Balaban J connectivity index is 2.15. The zero-order chi connectivity index (χ0) is 22.4. The number of hydrogen-bond acceptors (Lipinski definition) is 12. The lowest BCUT2D eigenvalue weighted by Crippen LogP contribution is -2.40. The smallest absolute Gasteiger partial charge is 0.344 e. The number of rotatable bonds is 4. The molecule has 0 spiro atoms. The van der Waals surface area contributed by atoms with E-state index in [1.807, 2.05) is 0 Å². The summed E-state index contributed by atoms with van der Waals surface area (Å²) in [5.74, 6) is -3.06. The van der Waals surface area contributed by atoms with Gasteiger partial charge in [0, 0.05) is 28.5 Å². The molecule has 3 rings (SSSR count). The summed E-state index contributed by atoms with van der Waals surface area (Å²) < 4.78 is 17.1. The Kier molecular flexibility index (Phi) is 7.05. The van der Waals surface area contributed by atoms with Crippen LogP contribution < -0.4 is 0 Å². The fourth-order valence-electron chi connectivity index (χ4n) is 2.62. The highest BCUT2D eigenvalue weighted by Crippen LogP contribution is 2.68. The van der Waals surface area contributed by atoms with E-state index in [-0.39, 0.29) is 0 Å². The summed E-state index contributed by atoms with van der Waals surface area (Å²) in [4.78, 5) is 52.3. The molecule has 8 nitrogen and oxygen atoms in total. The minimum Gasteiger partial charge on any atom is -0.467 e. The van der Waals surface area contributed by atoms with E-state index in [1.54, 1.807) is 0 Å². The van der Waals surface area contributed by atoms with Gasteiger partial charge in [-0.15, -0.1) is 0 Å². The first-order chi connectivity index (χ1) is 14.1. The minimum absolute atomic E-state index is 0.523. The molecule has 1 aromatic rings. The monoisotopic (exact) mass is 618 g/mol. The maximum Gasteiger partial charge on any atom is 0.344 e. The zero-order valence-electron chi connectivity index (χ0n) is 15.7. The van der Waals surface area contributed by atoms with E-state index in [9.17, 15) is 19.2 Å². The van der Waals surface area contributed by atoms with Gasteiger partial charge in [0.1, 0.15) is 0 Å². The van der Waals surface area contributed by atoms with Crippen molar-refractivity contribution in [1.29, 1.82) is 0 Å². The van der Waals surface area contributed by atoms with Gasteiger partial charge in [-0.2, -0.15) is 0 Å². The van der Waals surface area contributed by atoms with Crippen molar-refractivity contribution in [3.8, 4) is 0 Å². The quantitative estimate of drug-likeness (QED) is 0.279. The third kappa shape index (κ3) is 3.38. The van der Waals surface area contributed by atoms with Crippen LogP contribution in [-0.4, -0.2) is 60.5 Å². The van der Waals surface area contributed by atoms with Gasteiger partial charge in [0.15, 0.2) is 0 Å². The molecule has 0 radical (unpaired) electrons. The molecule has 0 saturated carbocycles. The number of carbonyl (C=O) groups is 4. The van der Waals surface area contributed by atoms with Crippen LogP contribution in [0.5, 0.6) is 0 Å². The summed E-state index contributed by atoms with van der Waals surface area (Å²) in [5.41, 5.74) is 0. The molecule has 0 amide bonds. The summed E-state index contributed by atoms with van der Waals surface area (Å²) in [5, 5.41) is 0. The van der Waals surface area contributed by atoms with Gasteiger partial charge in [-0.3, -0.25) is 0 Å². The van der Waals surface area contributed by atoms with E-state index in [0.29, 0.717) is 28.5 Å². The van der Waals surface area contributed by atoms with Crippen LogP contribution in [0.4, 0.5) is 0 Å². The van der Waals surface area contributed by atoms with Crippen LogP contribution in [0.2, 0.25) is 0 Å². The van der Waals surface area contributed by atoms with E-state index in [2.05, 4.69) is 31.9 Å². The number of hydrogen-bond donors (Lipinski definition) is 0. The number of fused-ring (bicyclic) bond motifs is 2. The number of thioether (sulfide) groups is 4. The highest BCUT2D eigenvalue weighted by molar-refractivity contribution is 9.11. The zero-order valence-corrected chi connectivity index (χ0v) is 22.1. The third-order valence-corrected chi connectivity index (χ3v) is 12.8. The highest BCUT2D eigenvalue weighted by atomic mass is 79.9. The van der Waals surface area contributed by atoms with Crippen molar-refractivity contribution in [3.63, 3.8) is 0 Å². The van der Waals surface area contributed by atoms with Crippen LogP contribution >= 0.6 is 78.9 Å². The predicted octanol–water partition coefficient (Wildman–Crippen LogP) is 3.69. The van der Waals surface area contributed by atoms with E-state index in [4.69, 9.17) is 18.9 Å². The van der Waals surface area contributed by atoms with Gasteiger partial charge >= 0.3 is 23.9 Å². The topological polar surface area (TPSA) is 105 Å². The highest BCUT2D eigenvalue weighted by Gasteiger charge is 2.60. The molecule has 0 fully saturated rings. The lowest BCUT2D eigenvalue weighted by atomic mass is 10.3. The number of halogens is 2. The number of esters is 4. The molecule has 0 bridgehead atoms. The molecule has 30 heavy (non-hydrogen) atoms. The summed E-state index contributed by atoms with van der Waals surface area (Å²) >= 11 is 10.9. The second-order valence-electron chi connectivity index (χ2n) is 5.55. The van der Waals surface area contributed by atoms with Crippen LogP contribution in [0, 0.1) is 0 Å². The first-order valence-corrected chi connectivity index (χ1v) is 12.6. The van der Waals surface area contributed by atoms with Crippen LogP contribution in [0.1, 0.15) is 0 Å². The maximum atomic E-state index is 12.5. The van der Waals surface area contributed by atoms with Crippen molar-refractivity contribution >= 4 is 103 Å². The molecule has 0 saturated heterocycles. The Morgan fingerprint density at radius 2 is 0.767 bits per heavy atom. The van der Waals surface area contributed by atoms with E-state index in [1.165, 1.54) is 28.4 Å². The molecule has 14 heteroatoms. The largest absolute Gasteiger partial charge is 0.467 e. The van der Waals surface area contributed by atoms with Crippen LogP contribution in [0.25, 0.3) is 0 Å². The van der Waals surface area contributed by atoms with E-state index >= 15 is 0 Å². The average molecular weight is 620 g/mol. The summed E-state index contributed by atoms with van der Waals surface area (Å²) in [7, 11) is 4.75. The molecule has 2 heterocycles. The predicted molar refractivity (Wildman–Crippen MR) is 119 cm³/mol. The first kappa shape index (κ1) is 24.1. The Morgan fingerprint density at radius 3 is 0.933 bits per heavy atom. The molecule has 0 N–H and O–H groups in total. The lowest BCUT2D eigenvalue weighted by molar-refractivity contribution is -0.153. The molecule has 2 aliphatic heterocycles. The van der Waals surface area contributed by atoms with Crippen molar-refractivity contribution in [2.75, 3.05) is 28.4 Å².